The highest BCUT2D eigenvalue weighted by atomic mass is 35.5. The summed E-state index contributed by atoms with van der Waals surface area (Å²) >= 11 is 6.65. The number of hydrogen-bond donors (Lipinski definition) is 4. The number of alkyl halides is 4. The summed E-state index contributed by atoms with van der Waals surface area (Å²) in [5.41, 5.74) is 10.9. The second kappa shape index (κ2) is 24.2. The van der Waals surface area contributed by atoms with Gasteiger partial charge in [0.1, 0.15) is 5.02 Å². The van der Waals surface area contributed by atoms with Crippen molar-refractivity contribution in [2.24, 2.45) is 29.6 Å². The summed E-state index contributed by atoms with van der Waals surface area (Å²) in [5, 5.41) is 15.1. The lowest BCUT2D eigenvalue weighted by atomic mass is 9.92. The number of pyridine rings is 1. The first-order chi connectivity index (χ1) is 41.5. The number of piperazine rings is 1. The molecule has 86 heavy (non-hydrogen) atoms. The third-order valence-corrected chi connectivity index (χ3v) is 18.7. The number of aryl methyl sites for hydroxylation is 2. The van der Waals surface area contributed by atoms with E-state index in [1.165, 1.54) is 23.2 Å². The van der Waals surface area contributed by atoms with Crippen molar-refractivity contribution >= 4 is 86.8 Å². The first-order valence-electron chi connectivity index (χ1n) is 29.9. The number of fused-ring (bicyclic) bond motifs is 5. The Morgan fingerprint density at radius 1 is 0.953 bits per heavy atom. The Hall–Kier alpha value is -7.67. The van der Waals surface area contributed by atoms with Gasteiger partial charge in [-0.1, -0.05) is 11.6 Å². The van der Waals surface area contributed by atoms with Gasteiger partial charge in [0.05, 0.1) is 36.0 Å². The zero-order valence-electron chi connectivity index (χ0n) is 48.6. The molecule has 1 atom stereocenters. The van der Waals surface area contributed by atoms with Crippen LogP contribution in [-0.4, -0.2) is 173 Å². The highest BCUT2D eigenvalue weighted by Crippen LogP contribution is 2.47. The van der Waals surface area contributed by atoms with E-state index < -0.39 is 30.6 Å². The van der Waals surface area contributed by atoms with Crippen molar-refractivity contribution in [1.82, 2.24) is 49.2 Å². The van der Waals surface area contributed by atoms with Gasteiger partial charge in [-0.15, -0.1) is 0 Å². The molecule has 1 saturated carbocycles. The average molecular weight is 1210 g/mol. The van der Waals surface area contributed by atoms with Crippen LogP contribution in [0, 0.1) is 11.8 Å². The van der Waals surface area contributed by atoms with E-state index in [0.29, 0.717) is 187 Å². The second-order valence-electron chi connectivity index (χ2n) is 23.6. The van der Waals surface area contributed by atoms with E-state index in [1.807, 2.05) is 19.6 Å². The predicted molar refractivity (Wildman–Crippen MR) is 322 cm³/mol. The number of ether oxygens (including phenoxy) is 1. The number of carbonyl (C=O) groups excluding carboxylic acids is 3. The van der Waals surface area contributed by atoms with Crippen molar-refractivity contribution in [3.05, 3.63) is 86.1 Å². The number of urea groups is 1. The number of hydrogen-bond acceptors (Lipinski definition) is 15. The normalized spacial score (nSPS) is 20.6. The lowest BCUT2D eigenvalue weighted by molar-refractivity contribution is -0.138. The number of nitrogens with one attached hydrogen (secondary N) is 3. The van der Waals surface area contributed by atoms with Crippen LogP contribution in [0.2, 0.25) is 5.02 Å². The van der Waals surface area contributed by atoms with Gasteiger partial charge in [0.25, 0.3) is 12.0 Å². The van der Waals surface area contributed by atoms with E-state index in [2.05, 4.69) is 35.5 Å². The molecule has 0 spiro atoms. The molecular formula is C60H73ClF4N16O5. The van der Waals surface area contributed by atoms with Crippen LogP contribution in [0.25, 0.3) is 16.5 Å². The van der Waals surface area contributed by atoms with Crippen molar-refractivity contribution in [2.75, 3.05) is 113 Å². The van der Waals surface area contributed by atoms with Gasteiger partial charge in [-0.3, -0.25) is 29.0 Å². The standard InChI is InChI=1S/C60H73ClF4N16O5/c1-67-31-38(30-66)41-27-37-5-4-16-80(48(37)29-42(41)53(62)63)55-44-33-79(59(85)68-2)22-14-47(44)81(73-55)40-12-20-76(21-13-40)49(82)15-17-75-23-25-77(26-24-75)56(83)36-10-18-78(19-11-36)58-69-32-45(61)54(72-58)70-39-8-9-46-43(28-39)50-51(57(84)74(46)3)86-34-60(64,65)52(71-50)35-6-7-35/h8-9,27-32,35-36,40,52-53,71H,4-7,10-26,33-34,66H2,1-3H3,(H,68,85)(H,69,70,72)/t52-/m0/s1. The molecule has 458 valence electrons. The number of carbonyl (C=O) groups is 3. The van der Waals surface area contributed by atoms with Crippen molar-refractivity contribution in [1.29, 1.82) is 0 Å². The number of rotatable bonds is 13. The zero-order chi connectivity index (χ0) is 60.1. The average Bonchev–Trinajstić information content (AvgIpc) is 1.91. The Morgan fingerprint density at radius 2 is 1.72 bits per heavy atom. The van der Waals surface area contributed by atoms with Crippen LogP contribution < -0.4 is 41.8 Å². The molecule has 0 bridgehead atoms. The van der Waals surface area contributed by atoms with Crippen LogP contribution in [0.1, 0.15) is 91.8 Å². The molecule has 3 aromatic heterocycles. The van der Waals surface area contributed by atoms with Gasteiger partial charge < -0.3 is 55.5 Å². The topological polar surface area (TPSA) is 220 Å². The maximum Gasteiger partial charge on any atom is 0.317 e. The molecule has 12 rings (SSSR count). The SMILES string of the molecule is CN=CC(=CN)c1cc2c(cc1C(F)F)N(c1nn(C3CCN(C(=O)CCN4CCN(C(=O)C5CCN(c6ncc(Cl)c(Nc7ccc8c(c7)c7c(c(=O)n8C)OCC(F)(F)[C@H](C8CC8)N7)n6)CC5)CC4)CC3)c3c1CN(C(=O)NC)CC3)CCC2. The number of benzene rings is 2. The van der Waals surface area contributed by atoms with Crippen LogP contribution >= 0.6 is 11.6 Å². The second-order valence-corrected chi connectivity index (χ2v) is 24.1. The molecule has 26 heteroatoms. The van der Waals surface area contributed by atoms with Crippen LogP contribution in [0.5, 0.6) is 5.75 Å². The summed E-state index contributed by atoms with van der Waals surface area (Å²) in [5.74, 6) is -2.02. The molecule has 21 nitrogen and oxygen atoms in total. The van der Waals surface area contributed by atoms with E-state index in [4.69, 9.17) is 32.2 Å². The molecule has 0 radical (unpaired) electrons. The summed E-state index contributed by atoms with van der Waals surface area (Å²) in [6.07, 6.45) is 7.91. The number of likely N-dealkylation sites (tertiary alicyclic amines) is 1. The van der Waals surface area contributed by atoms with Gasteiger partial charge in [0, 0.05) is 163 Å². The molecule has 1 aliphatic carbocycles. The smallest absolute Gasteiger partial charge is 0.317 e. The molecule has 2 aromatic carbocycles. The minimum atomic E-state index is -3.17. The van der Waals surface area contributed by atoms with Crippen LogP contribution in [0.15, 0.2) is 52.5 Å². The lowest BCUT2D eigenvalue weighted by Gasteiger charge is -2.39. The molecule has 4 amide bonds. The molecule has 4 fully saturated rings. The Balaban J connectivity index is 0.630. The van der Waals surface area contributed by atoms with E-state index >= 15 is 8.78 Å². The zero-order valence-corrected chi connectivity index (χ0v) is 49.4. The predicted octanol–water partition coefficient (Wildman–Crippen LogP) is 7.47. The molecular weight excluding hydrogens is 1140 g/mol. The third kappa shape index (κ3) is 11.5. The fourth-order valence-electron chi connectivity index (χ4n) is 13.5. The molecule has 6 aliphatic heterocycles. The summed E-state index contributed by atoms with van der Waals surface area (Å²) in [6, 6.07) is 7.27. The van der Waals surface area contributed by atoms with Crippen molar-refractivity contribution in [2.45, 2.75) is 95.2 Å². The molecule has 7 aliphatic rings. The van der Waals surface area contributed by atoms with Crippen LogP contribution in [-0.2, 0) is 36.0 Å². The Kier molecular flexibility index (Phi) is 16.5. The third-order valence-electron chi connectivity index (χ3n) is 18.4. The molecule has 3 saturated heterocycles. The van der Waals surface area contributed by atoms with Gasteiger partial charge >= 0.3 is 12.0 Å². The quantitative estimate of drug-likeness (QED) is 0.0664. The number of piperidine rings is 2. The first-order valence-corrected chi connectivity index (χ1v) is 30.3. The lowest BCUT2D eigenvalue weighted by Crippen LogP contribution is -2.52. The van der Waals surface area contributed by atoms with E-state index in [0.717, 1.165) is 23.2 Å². The molecule has 5 aromatic rings. The van der Waals surface area contributed by atoms with E-state index in [9.17, 15) is 28.0 Å². The fourth-order valence-corrected chi connectivity index (χ4v) is 13.6. The number of allylic oxidation sites excluding steroid dienone is 1. The molecule has 9 heterocycles. The summed E-state index contributed by atoms with van der Waals surface area (Å²) in [7, 11) is 4.76. The number of anilines is 6. The highest BCUT2D eigenvalue weighted by molar-refractivity contribution is 6.33. The van der Waals surface area contributed by atoms with Gasteiger partial charge in [-0.2, -0.15) is 10.1 Å². The van der Waals surface area contributed by atoms with E-state index in [-0.39, 0.29) is 57.7 Å². The number of aliphatic imine (C=N–C) groups is 1. The van der Waals surface area contributed by atoms with Crippen LogP contribution in [0.4, 0.5) is 57.0 Å². The first kappa shape index (κ1) is 58.7. The Labute approximate surface area is 500 Å². The highest BCUT2D eigenvalue weighted by Gasteiger charge is 2.51. The van der Waals surface area contributed by atoms with E-state index in [1.54, 1.807) is 56.4 Å². The molecule has 0 unspecified atom stereocenters. The molecule has 5 N–H and O–H groups in total. The van der Waals surface area contributed by atoms with Gasteiger partial charge in [0.2, 0.25) is 23.5 Å². The number of halogens is 5. The van der Waals surface area contributed by atoms with Gasteiger partial charge in [-0.25, -0.2) is 27.3 Å². The summed E-state index contributed by atoms with van der Waals surface area (Å²) in [6.45, 7) is 5.83. The largest absolute Gasteiger partial charge is 0.480 e. The maximum absolute atomic E-state index is 15.3. The Morgan fingerprint density at radius 3 is 2.43 bits per heavy atom. The number of aromatic nitrogens is 5. The number of nitrogens with zero attached hydrogens (tertiary/aromatic N) is 12. The monoisotopic (exact) mass is 1210 g/mol. The summed E-state index contributed by atoms with van der Waals surface area (Å²) in [4.78, 5) is 79.3. The van der Waals surface area contributed by atoms with Gasteiger partial charge in [-0.05, 0) is 98.7 Å². The van der Waals surface area contributed by atoms with Gasteiger partial charge in [0.15, 0.2) is 18.2 Å². The van der Waals surface area contributed by atoms with Crippen molar-refractivity contribution in [3.63, 3.8) is 0 Å². The fraction of sp³-hybridized carbons (Fsp3) is 0.533. The van der Waals surface area contributed by atoms with Crippen LogP contribution in [0.3, 0.4) is 0 Å². The van der Waals surface area contributed by atoms with Crippen molar-refractivity contribution < 1.29 is 36.7 Å². The minimum absolute atomic E-state index is 0.000168. The minimum Gasteiger partial charge on any atom is -0.480 e. The number of amides is 4. The Bertz CT molecular complexity index is 3550. The van der Waals surface area contributed by atoms with Crippen molar-refractivity contribution in [3.8, 4) is 5.75 Å². The maximum atomic E-state index is 15.3. The summed E-state index contributed by atoms with van der Waals surface area (Å²) < 4.78 is 69.1. The number of nitrogens with two attached hydrogens (primary N) is 1.